The molecule has 0 aliphatic carbocycles. The lowest BCUT2D eigenvalue weighted by atomic mass is 9.99. The van der Waals surface area contributed by atoms with E-state index in [9.17, 15) is 18.4 Å². The summed E-state index contributed by atoms with van der Waals surface area (Å²) in [5, 5.41) is 0. The summed E-state index contributed by atoms with van der Waals surface area (Å²) in [6, 6.07) is 14.7. The number of aromatic nitrogens is 1. The summed E-state index contributed by atoms with van der Waals surface area (Å²) in [6.07, 6.45) is 1.08. The average molecular weight is 437 g/mol. The van der Waals surface area contributed by atoms with Crippen molar-refractivity contribution in [3.05, 3.63) is 83.2 Å². The number of nitrogens with zero attached hydrogens (tertiary/aromatic N) is 2. The van der Waals surface area contributed by atoms with Gasteiger partial charge in [0.1, 0.15) is 5.82 Å². The molecule has 0 N–H and O–H groups in total. The largest absolute Gasteiger partial charge is 0.310 e. The lowest BCUT2D eigenvalue weighted by Gasteiger charge is -2.21. The molecule has 4 nitrogen and oxygen atoms in total. The Balaban J connectivity index is 1.71. The second-order valence-corrected chi connectivity index (χ2v) is 7.54. The molecule has 0 radical (unpaired) electrons. The standard InChI is InChI=1S/C26H26F2N2O2/c1-4-26(32)30(5-2)23-13-10-21(16-22(23)27)19-6-8-20(9-7-19)24(31)14-11-18-12-15-25(28)29-17(18)3/h6-10,12-13,15-16H,4-5,11,14H2,1-3H3. The van der Waals surface area contributed by atoms with E-state index in [0.717, 1.165) is 11.1 Å². The Morgan fingerprint density at radius 1 is 0.938 bits per heavy atom. The van der Waals surface area contributed by atoms with Crippen LogP contribution in [0.2, 0.25) is 0 Å². The maximum atomic E-state index is 14.7. The third-order valence-corrected chi connectivity index (χ3v) is 5.48. The summed E-state index contributed by atoms with van der Waals surface area (Å²) < 4.78 is 27.8. The van der Waals surface area contributed by atoms with Crippen molar-refractivity contribution in [1.82, 2.24) is 4.98 Å². The van der Waals surface area contributed by atoms with Crippen molar-refractivity contribution < 1.29 is 18.4 Å². The van der Waals surface area contributed by atoms with E-state index in [0.29, 0.717) is 36.2 Å². The van der Waals surface area contributed by atoms with Gasteiger partial charge >= 0.3 is 0 Å². The first-order valence-electron chi connectivity index (χ1n) is 10.7. The number of carbonyl (C=O) groups is 2. The number of amides is 1. The Kier molecular flexibility index (Phi) is 7.46. The third-order valence-electron chi connectivity index (χ3n) is 5.48. The molecule has 0 aliphatic rings. The second kappa shape index (κ2) is 10.3. The number of benzene rings is 2. The highest BCUT2D eigenvalue weighted by molar-refractivity contribution is 5.96. The topological polar surface area (TPSA) is 50.3 Å². The van der Waals surface area contributed by atoms with Gasteiger partial charge in [-0.05, 0) is 55.2 Å². The van der Waals surface area contributed by atoms with Crippen LogP contribution in [0.5, 0.6) is 0 Å². The number of hydrogen-bond donors (Lipinski definition) is 0. The molecule has 0 saturated heterocycles. The number of rotatable bonds is 8. The molecule has 3 rings (SSSR count). The van der Waals surface area contributed by atoms with Gasteiger partial charge in [0.2, 0.25) is 11.9 Å². The molecular weight excluding hydrogens is 410 g/mol. The molecule has 0 fully saturated rings. The highest BCUT2D eigenvalue weighted by Gasteiger charge is 2.17. The van der Waals surface area contributed by atoms with Crippen LogP contribution in [0.15, 0.2) is 54.6 Å². The van der Waals surface area contributed by atoms with Gasteiger partial charge in [0.05, 0.1) is 5.69 Å². The van der Waals surface area contributed by atoms with Crippen LogP contribution in [-0.4, -0.2) is 23.2 Å². The lowest BCUT2D eigenvalue weighted by Crippen LogP contribution is -2.30. The van der Waals surface area contributed by atoms with Gasteiger partial charge in [-0.1, -0.05) is 43.3 Å². The molecule has 1 amide bonds. The van der Waals surface area contributed by atoms with Crippen LogP contribution >= 0.6 is 0 Å². The lowest BCUT2D eigenvalue weighted by molar-refractivity contribution is -0.118. The predicted octanol–water partition coefficient (Wildman–Crippen LogP) is 5.91. The fraction of sp³-hybridized carbons (Fsp3) is 0.269. The van der Waals surface area contributed by atoms with Crippen molar-refractivity contribution in [3.8, 4) is 11.1 Å². The Labute approximate surface area is 186 Å². The number of carbonyl (C=O) groups excluding carboxylic acids is 2. The first kappa shape index (κ1) is 23.3. The van der Waals surface area contributed by atoms with Gasteiger partial charge in [0, 0.05) is 30.6 Å². The van der Waals surface area contributed by atoms with E-state index in [4.69, 9.17) is 0 Å². The number of halogens is 2. The average Bonchev–Trinajstić information content (AvgIpc) is 2.79. The van der Waals surface area contributed by atoms with Crippen LogP contribution in [0.1, 0.15) is 48.3 Å². The van der Waals surface area contributed by atoms with Crippen molar-refractivity contribution in [3.63, 3.8) is 0 Å². The molecule has 0 saturated carbocycles. The van der Waals surface area contributed by atoms with Gasteiger partial charge in [0.25, 0.3) is 0 Å². The summed E-state index contributed by atoms with van der Waals surface area (Å²) in [5.41, 5.74) is 3.69. The molecule has 0 atom stereocenters. The van der Waals surface area contributed by atoms with E-state index in [1.54, 1.807) is 56.3 Å². The first-order chi connectivity index (χ1) is 15.3. The predicted molar refractivity (Wildman–Crippen MR) is 122 cm³/mol. The van der Waals surface area contributed by atoms with Gasteiger partial charge in [-0.3, -0.25) is 9.59 Å². The SMILES string of the molecule is CCC(=O)N(CC)c1ccc(-c2ccc(C(=O)CCc3ccc(F)nc3C)cc2)cc1F. The summed E-state index contributed by atoms with van der Waals surface area (Å²) in [7, 11) is 0. The van der Waals surface area contributed by atoms with Gasteiger partial charge in [-0.2, -0.15) is 4.39 Å². The molecule has 0 bridgehead atoms. The molecule has 2 aromatic carbocycles. The molecule has 0 aliphatic heterocycles. The smallest absolute Gasteiger partial charge is 0.226 e. The minimum absolute atomic E-state index is 0.0292. The van der Waals surface area contributed by atoms with E-state index in [1.165, 1.54) is 17.0 Å². The number of Topliss-reactive ketones (excluding diaryl/α,β-unsaturated/α-hetero) is 1. The van der Waals surface area contributed by atoms with Crippen molar-refractivity contribution in [2.75, 3.05) is 11.4 Å². The number of aryl methyl sites for hydroxylation is 2. The molecule has 6 heteroatoms. The molecule has 1 aromatic heterocycles. The van der Waals surface area contributed by atoms with Crippen LogP contribution in [0, 0.1) is 18.7 Å². The minimum atomic E-state index is -0.531. The molecular formula is C26H26F2N2O2. The van der Waals surface area contributed by atoms with E-state index in [1.807, 2.05) is 6.92 Å². The second-order valence-electron chi connectivity index (χ2n) is 7.54. The zero-order valence-corrected chi connectivity index (χ0v) is 18.5. The zero-order valence-electron chi connectivity index (χ0n) is 18.5. The molecule has 1 heterocycles. The van der Waals surface area contributed by atoms with Crippen LogP contribution in [0.25, 0.3) is 11.1 Å². The number of anilines is 1. The maximum Gasteiger partial charge on any atom is 0.226 e. The Morgan fingerprint density at radius 2 is 1.62 bits per heavy atom. The highest BCUT2D eigenvalue weighted by atomic mass is 19.1. The van der Waals surface area contributed by atoms with Crippen LogP contribution in [0.4, 0.5) is 14.5 Å². The monoisotopic (exact) mass is 436 g/mol. The summed E-state index contributed by atoms with van der Waals surface area (Å²) in [4.78, 5) is 29.8. The number of ketones is 1. The normalized spacial score (nSPS) is 10.8. The van der Waals surface area contributed by atoms with E-state index >= 15 is 0 Å². The van der Waals surface area contributed by atoms with Gasteiger partial charge in [0.15, 0.2) is 5.78 Å². The Hall–Kier alpha value is -3.41. The van der Waals surface area contributed by atoms with Crippen LogP contribution in [-0.2, 0) is 11.2 Å². The molecule has 0 unspecified atom stereocenters. The molecule has 0 spiro atoms. The molecule has 3 aromatic rings. The van der Waals surface area contributed by atoms with E-state index in [2.05, 4.69) is 4.98 Å². The summed E-state index contributed by atoms with van der Waals surface area (Å²) in [5.74, 6) is -1.15. The Bertz CT molecular complexity index is 1130. The maximum absolute atomic E-state index is 14.7. The van der Waals surface area contributed by atoms with Gasteiger partial charge < -0.3 is 4.90 Å². The van der Waals surface area contributed by atoms with Crippen molar-refractivity contribution in [2.45, 2.75) is 40.0 Å². The zero-order chi connectivity index (χ0) is 23.3. The third kappa shape index (κ3) is 5.25. The van der Waals surface area contributed by atoms with E-state index < -0.39 is 11.8 Å². The van der Waals surface area contributed by atoms with Crippen molar-refractivity contribution in [2.24, 2.45) is 0 Å². The summed E-state index contributed by atoms with van der Waals surface area (Å²) >= 11 is 0. The van der Waals surface area contributed by atoms with Crippen molar-refractivity contribution >= 4 is 17.4 Å². The van der Waals surface area contributed by atoms with Gasteiger partial charge in [-0.15, -0.1) is 0 Å². The van der Waals surface area contributed by atoms with Crippen LogP contribution in [0.3, 0.4) is 0 Å². The van der Waals surface area contributed by atoms with E-state index in [-0.39, 0.29) is 23.8 Å². The first-order valence-corrected chi connectivity index (χ1v) is 10.7. The number of pyridine rings is 1. The van der Waals surface area contributed by atoms with Crippen molar-refractivity contribution in [1.29, 1.82) is 0 Å². The fourth-order valence-electron chi connectivity index (χ4n) is 3.64. The quantitative estimate of drug-likeness (QED) is 0.326. The Morgan fingerprint density at radius 3 is 2.22 bits per heavy atom. The molecule has 32 heavy (non-hydrogen) atoms. The highest BCUT2D eigenvalue weighted by Crippen LogP contribution is 2.27. The molecule has 166 valence electrons. The minimum Gasteiger partial charge on any atom is -0.310 e. The van der Waals surface area contributed by atoms with Crippen LogP contribution < -0.4 is 4.90 Å². The number of hydrogen-bond acceptors (Lipinski definition) is 3. The summed E-state index contributed by atoms with van der Waals surface area (Å²) in [6.45, 7) is 5.68. The van der Waals surface area contributed by atoms with Gasteiger partial charge in [-0.25, -0.2) is 9.37 Å². The fourth-order valence-corrected chi connectivity index (χ4v) is 3.64.